The molecule has 1 heterocycles. The van der Waals surface area contributed by atoms with Gasteiger partial charge in [0.05, 0.1) is 5.39 Å². The van der Waals surface area contributed by atoms with Gasteiger partial charge in [-0.25, -0.2) is 4.79 Å². The van der Waals surface area contributed by atoms with Crippen LogP contribution in [0.2, 0.25) is 0 Å². The third-order valence-corrected chi connectivity index (χ3v) is 2.34. The molecule has 2 rings (SSSR count). The van der Waals surface area contributed by atoms with Gasteiger partial charge in [-0.15, -0.1) is 0 Å². The molecular weight excluding hydrogens is 196 g/mol. The second-order valence-corrected chi connectivity index (χ2v) is 3.22. The highest BCUT2D eigenvalue weighted by Crippen LogP contribution is 2.33. The maximum Gasteiger partial charge on any atom is 0.372 e. The Kier molecular flexibility index (Phi) is 2.11. The number of furan rings is 1. The normalized spacial score (nSPS) is 10.7. The monoisotopic (exact) mass is 206 g/mol. The van der Waals surface area contributed by atoms with Gasteiger partial charge in [-0.1, -0.05) is 13.0 Å². The highest BCUT2D eigenvalue weighted by molar-refractivity contribution is 5.97. The summed E-state index contributed by atoms with van der Waals surface area (Å²) in [5.41, 5.74) is 0.944. The summed E-state index contributed by atoms with van der Waals surface area (Å²) in [5.74, 6) is -1.14. The summed E-state index contributed by atoms with van der Waals surface area (Å²) in [6.07, 6.45) is 0.506. The number of hydrogen-bond donors (Lipinski definition) is 2. The molecule has 0 radical (unpaired) electrons. The van der Waals surface area contributed by atoms with E-state index in [0.717, 1.165) is 0 Å². The maximum atomic E-state index is 10.9. The van der Waals surface area contributed by atoms with Crippen LogP contribution in [0.15, 0.2) is 22.6 Å². The Labute approximate surface area is 85.8 Å². The van der Waals surface area contributed by atoms with E-state index in [2.05, 4.69) is 0 Å². The van der Waals surface area contributed by atoms with Crippen molar-refractivity contribution >= 4 is 16.9 Å². The zero-order valence-corrected chi connectivity index (χ0v) is 8.15. The van der Waals surface area contributed by atoms with Gasteiger partial charge >= 0.3 is 5.97 Å². The fourth-order valence-electron chi connectivity index (χ4n) is 1.70. The van der Waals surface area contributed by atoms with E-state index in [0.29, 0.717) is 23.0 Å². The van der Waals surface area contributed by atoms with Gasteiger partial charge in [-0.3, -0.25) is 0 Å². The first-order valence-electron chi connectivity index (χ1n) is 4.61. The highest BCUT2D eigenvalue weighted by atomic mass is 16.4. The van der Waals surface area contributed by atoms with Gasteiger partial charge in [-0.2, -0.15) is 0 Å². The maximum absolute atomic E-state index is 10.9. The predicted octanol–water partition coefficient (Wildman–Crippen LogP) is 2.40. The molecule has 4 heteroatoms. The van der Waals surface area contributed by atoms with Crippen molar-refractivity contribution in [1.82, 2.24) is 0 Å². The lowest BCUT2D eigenvalue weighted by molar-refractivity contribution is 0.0663. The fraction of sp³-hybridized carbons (Fsp3) is 0.182. The molecule has 0 spiro atoms. The van der Waals surface area contributed by atoms with Crippen LogP contribution in [0.5, 0.6) is 5.75 Å². The van der Waals surface area contributed by atoms with E-state index in [-0.39, 0.29) is 11.5 Å². The SMILES string of the molecule is CCc1c(C(=O)O)oc2cccc(O)c12. The van der Waals surface area contributed by atoms with Crippen LogP contribution >= 0.6 is 0 Å². The number of fused-ring (bicyclic) bond motifs is 1. The minimum absolute atomic E-state index is 0.0561. The minimum atomic E-state index is -1.11. The van der Waals surface area contributed by atoms with Crippen LogP contribution in [0.3, 0.4) is 0 Å². The van der Waals surface area contributed by atoms with E-state index >= 15 is 0 Å². The topological polar surface area (TPSA) is 70.7 Å². The highest BCUT2D eigenvalue weighted by Gasteiger charge is 2.20. The van der Waals surface area contributed by atoms with Crippen molar-refractivity contribution in [1.29, 1.82) is 0 Å². The summed E-state index contributed by atoms with van der Waals surface area (Å²) in [4.78, 5) is 10.9. The van der Waals surface area contributed by atoms with Crippen molar-refractivity contribution in [2.45, 2.75) is 13.3 Å². The molecule has 0 saturated heterocycles. The average molecular weight is 206 g/mol. The molecular formula is C11H10O4. The molecule has 0 amide bonds. The molecule has 4 nitrogen and oxygen atoms in total. The Balaban J connectivity index is 2.86. The molecule has 2 N–H and O–H groups in total. The number of phenols is 1. The lowest BCUT2D eigenvalue weighted by Gasteiger charge is -1.96. The Hall–Kier alpha value is -1.97. The number of aryl methyl sites for hydroxylation is 1. The van der Waals surface area contributed by atoms with Crippen LogP contribution in [0.1, 0.15) is 23.0 Å². The number of carboxylic acids is 1. The third kappa shape index (κ3) is 1.34. The van der Waals surface area contributed by atoms with E-state index in [4.69, 9.17) is 9.52 Å². The molecule has 0 aliphatic rings. The lowest BCUT2D eigenvalue weighted by Crippen LogP contribution is -1.97. The molecule has 0 bridgehead atoms. The van der Waals surface area contributed by atoms with Gasteiger partial charge in [0.25, 0.3) is 0 Å². The van der Waals surface area contributed by atoms with E-state index < -0.39 is 5.97 Å². The zero-order chi connectivity index (χ0) is 11.0. The van der Waals surface area contributed by atoms with Crippen LogP contribution in [0, 0.1) is 0 Å². The molecule has 0 saturated carbocycles. The van der Waals surface area contributed by atoms with Crippen molar-refractivity contribution in [2.24, 2.45) is 0 Å². The molecule has 15 heavy (non-hydrogen) atoms. The van der Waals surface area contributed by atoms with E-state index in [1.165, 1.54) is 6.07 Å². The third-order valence-electron chi connectivity index (χ3n) is 2.34. The summed E-state index contributed by atoms with van der Waals surface area (Å²) in [6, 6.07) is 4.77. The number of rotatable bonds is 2. The van der Waals surface area contributed by atoms with Crippen molar-refractivity contribution in [3.05, 3.63) is 29.5 Å². The van der Waals surface area contributed by atoms with Gasteiger partial charge in [-0.05, 0) is 18.6 Å². The van der Waals surface area contributed by atoms with Gasteiger partial charge in [0, 0.05) is 5.56 Å². The molecule has 0 aliphatic carbocycles. The van der Waals surface area contributed by atoms with Crippen LogP contribution in [-0.4, -0.2) is 16.2 Å². The molecule has 2 aromatic rings. The first-order valence-corrected chi connectivity index (χ1v) is 4.61. The summed E-state index contributed by atoms with van der Waals surface area (Å²) in [5, 5.41) is 19.0. The minimum Gasteiger partial charge on any atom is -0.507 e. The number of phenolic OH excluding ortho intramolecular Hbond substituents is 1. The van der Waals surface area contributed by atoms with Gasteiger partial charge in [0.1, 0.15) is 11.3 Å². The smallest absolute Gasteiger partial charge is 0.372 e. The van der Waals surface area contributed by atoms with Crippen LogP contribution in [-0.2, 0) is 6.42 Å². The molecule has 0 fully saturated rings. The molecule has 78 valence electrons. The lowest BCUT2D eigenvalue weighted by atomic mass is 10.1. The first-order chi connectivity index (χ1) is 7.15. The number of carbonyl (C=O) groups is 1. The zero-order valence-electron chi connectivity index (χ0n) is 8.15. The second-order valence-electron chi connectivity index (χ2n) is 3.22. The number of carboxylic acid groups (broad SMARTS) is 1. The van der Waals surface area contributed by atoms with Crippen molar-refractivity contribution in [3.63, 3.8) is 0 Å². The van der Waals surface area contributed by atoms with Gasteiger partial charge in [0.15, 0.2) is 0 Å². The molecule has 1 aromatic heterocycles. The number of aromatic hydroxyl groups is 1. The fourth-order valence-corrected chi connectivity index (χ4v) is 1.70. The Morgan fingerprint density at radius 1 is 1.47 bits per heavy atom. The van der Waals surface area contributed by atoms with Crippen LogP contribution in [0.4, 0.5) is 0 Å². The molecule has 1 aromatic carbocycles. The number of hydrogen-bond acceptors (Lipinski definition) is 3. The van der Waals surface area contributed by atoms with Gasteiger partial charge < -0.3 is 14.6 Å². The Morgan fingerprint density at radius 3 is 2.80 bits per heavy atom. The van der Waals surface area contributed by atoms with Crippen molar-refractivity contribution in [2.75, 3.05) is 0 Å². The van der Waals surface area contributed by atoms with E-state index in [9.17, 15) is 9.90 Å². The molecule has 0 aliphatic heterocycles. The Morgan fingerprint density at radius 2 is 2.20 bits per heavy atom. The van der Waals surface area contributed by atoms with Crippen LogP contribution < -0.4 is 0 Å². The van der Waals surface area contributed by atoms with E-state index in [1.54, 1.807) is 12.1 Å². The average Bonchev–Trinajstić information content (AvgIpc) is 2.57. The first kappa shape index (κ1) is 9.58. The second kappa shape index (κ2) is 3.31. The summed E-state index contributed by atoms with van der Waals surface area (Å²) in [6.45, 7) is 1.82. The summed E-state index contributed by atoms with van der Waals surface area (Å²) < 4.78 is 5.17. The number of benzene rings is 1. The Bertz CT molecular complexity index is 525. The summed E-state index contributed by atoms with van der Waals surface area (Å²) >= 11 is 0. The summed E-state index contributed by atoms with van der Waals surface area (Å²) in [7, 11) is 0. The van der Waals surface area contributed by atoms with Gasteiger partial charge in [0.2, 0.25) is 5.76 Å². The largest absolute Gasteiger partial charge is 0.507 e. The molecule has 0 atom stereocenters. The predicted molar refractivity (Wildman–Crippen MR) is 54.2 cm³/mol. The quantitative estimate of drug-likeness (QED) is 0.791. The standard InChI is InChI=1S/C11H10O4/c1-2-6-9-7(12)4-3-5-8(9)15-10(6)11(13)14/h3-5,12H,2H2,1H3,(H,13,14). The molecule has 0 unspecified atom stereocenters. The van der Waals surface area contributed by atoms with E-state index in [1.807, 2.05) is 6.92 Å². The van der Waals surface area contributed by atoms with Crippen molar-refractivity contribution < 1.29 is 19.4 Å². The van der Waals surface area contributed by atoms with Crippen molar-refractivity contribution in [3.8, 4) is 5.75 Å². The van der Waals surface area contributed by atoms with Crippen LogP contribution in [0.25, 0.3) is 11.0 Å². The number of aromatic carboxylic acids is 1.